The topological polar surface area (TPSA) is 84.9 Å². The van der Waals surface area contributed by atoms with Crippen molar-refractivity contribution < 1.29 is 27.1 Å². The van der Waals surface area contributed by atoms with Crippen molar-refractivity contribution in [1.29, 1.82) is 0 Å². The van der Waals surface area contributed by atoms with E-state index in [9.17, 15) is 17.6 Å². The van der Waals surface area contributed by atoms with Gasteiger partial charge in [0.2, 0.25) is 5.91 Å². The fourth-order valence-electron chi connectivity index (χ4n) is 2.86. The van der Waals surface area contributed by atoms with Gasteiger partial charge in [-0.25, -0.2) is 12.8 Å². The highest BCUT2D eigenvalue weighted by Crippen LogP contribution is 2.26. The van der Waals surface area contributed by atoms with Crippen LogP contribution >= 0.6 is 0 Å². The molecule has 1 aliphatic heterocycles. The summed E-state index contributed by atoms with van der Waals surface area (Å²) >= 11 is 0. The number of carbonyl (C=O) groups excluding carboxylic acids is 1. The lowest BCUT2D eigenvalue weighted by atomic mass is 10.1. The molecule has 1 heterocycles. The van der Waals surface area contributed by atoms with Crippen LogP contribution in [0.15, 0.2) is 47.4 Å². The van der Waals surface area contributed by atoms with Crippen molar-refractivity contribution in [1.82, 2.24) is 4.90 Å². The summed E-state index contributed by atoms with van der Waals surface area (Å²) in [7, 11) is -2.72. The van der Waals surface area contributed by atoms with Crippen LogP contribution in [-0.4, -0.2) is 52.6 Å². The summed E-state index contributed by atoms with van der Waals surface area (Å²) in [6.07, 6.45) is 0.227. The highest BCUT2D eigenvalue weighted by Gasteiger charge is 2.21. The molecule has 1 amide bonds. The van der Waals surface area contributed by atoms with E-state index in [1.165, 1.54) is 13.2 Å². The van der Waals surface area contributed by atoms with Gasteiger partial charge in [-0.05, 0) is 35.9 Å². The van der Waals surface area contributed by atoms with Crippen molar-refractivity contribution in [2.24, 2.45) is 0 Å². The van der Waals surface area contributed by atoms with Gasteiger partial charge in [-0.3, -0.25) is 9.52 Å². The normalized spacial score (nSPS) is 14.6. The Bertz CT molecular complexity index is 941. The molecule has 1 aliphatic rings. The second-order valence-electron chi connectivity index (χ2n) is 6.27. The number of halogens is 1. The monoisotopic (exact) mass is 408 g/mol. The van der Waals surface area contributed by atoms with E-state index < -0.39 is 15.8 Å². The molecular formula is C19H21FN2O5S. The molecule has 1 N–H and O–H groups in total. The number of ether oxygens (including phenoxy) is 2. The molecule has 3 rings (SSSR count). The van der Waals surface area contributed by atoms with Crippen LogP contribution in [0, 0.1) is 5.82 Å². The summed E-state index contributed by atoms with van der Waals surface area (Å²) in [5, 5.41) is 0. The molecule has 28 heavy (non-hydrogen) atoms. The molecule has 0 aromatic heterocycles. The number of carbonyl (C=O) groups is 1. The van der Waals surface area contributed by atoms with Crippen LogP contribution in [0.25, 0.3) is 0 Å². The van der Waals surface area contributed by atoms with Crippen molar-refractivity contribution in [2.45, 2.75) is 11.3 Å². The Balaban J connectivity index is 1.70. The summed E-state index contributed by atoms with van der Waals surface area (Å²) < 4.78 is 51.3. The Labute approximate surface area is 163 Å². The van der Waals surface area contributed by atoms with Gasteiger partial charge in [0, 0.05) is 18.8 Å². The minimum Gasteiger partial charge on any atom is -0.495 e. The quantitative estimate of drug-likeness (QED) is 0.791. The maximum atomic E-state index is 13.5. The third kappa shape index (κ3) is 4.79. The Morgan fingerprint density at radius 3 is 2.50 bits per heavy atom. The number of benzene rings is 2. The molecule has 0 bridgehead atoms. The molecule has 0 atom stereocenters. The van der Waals surface area contributed by atoms with Crippen LogP contribution in [-0.2, 0) is 26.0 Å². The highest BCUT2D eigenvalue weighted by atomic mass is 32.2. The minimum absolute atomic E-state index is 0.00104. The molecule has 1 saturated heterocycles. The van der Waals surface area contributed by atoms with Crippen LogP contribution in [0.3, 0.4) is 0 Å². The zero-order chi connectivity index (χ0) is 20.1. The fraction of sp³-hybridized carbons (Fsp3) is 0.316. The number of amides is 1. The summed E-state index contributed by atoms with van der Waals surface area (Å²) in [5.41, 5.74) is 1.07. The van der Waals surface area contributed by atoms with E-state index >= 15 is 0 Å². The van der Waals surface area contributed by atoms with Crippen molar-refractivity contribution in [3.05, 3.63) is 53.8 Å². The van der Waals surface area contributed by atoms with Crippen LogP contribution in [0.5, 0.6) is 5.75 Å². The summed E-state index contributed by atoms with van der Waals surface area (Å²) in [5.74, 6) is -0.638. The second kappa shape index (κ2) is 8.57. The maximum absolute atomic E-state index is 13.5. The molecule has 7 nitrogen and oxygen atoms in total. The maximum Gasteiger partial charge on any atom is 0.265 e. The first-order valence-electron chi connectivity index (χ1n) is 8.70. The summed E-state index contributed by atoms with van der Waals surface area (Å²) in [4.78, 5) is 13.7. The minimum atomic E-state index is -4.04. The number of anilines is 1. The smallest absolute Gasteiger partial charge is 0.265 e. The Morgan fingerprint density at radius 1 is 1.18 bits per heavy atom. The van der Waals surface area contributed by atoms with Gasteiger partial charge in [-0.1, -0.05) is 12.1 Å². The number of nitrogens with one attached hydrogen (secondary N) is 1. The van der Waals surface area contributed by atoms with E-state index in [0.29, 0.717) is 32.0 Å². The number of sulfonamides is 1. The predicted octanol–water partition coefficient (Wildman–Crippen LogP) is 2.04. The van der Waals surface area contributed by atoms with Crippen molar-refractivity contribution in [2.75, 3.05) is 38.1 Å². The van der Waals surface area contributed by atoms with E-state index in [1.807, 2.05) is 0 Å². The number of nitrogens with zero attached hydrogens (tertiary/aromatic N) is 1. The Morgan fingerprint density at radius 2 is 1.86 bits per heavy atom. The van der Waals surface area contributed by atoms with Crippen molar-refractivity contribution in [3.63, 3.8) is 0 Å². The number of methoxy groups -OCH3 is 1. The molecule has 0 spiro atoms. The van der Waals surface area contributed by atoms with Crippen molar-refractivity contribution >= 4 is 21.6 Å². The van der Waals surface area contributed by atoms with Crippen molar-refractivity contribution in [3.8, 4) is 5.75 Å². The molecule has 0 aliphatic carbocycles. The molecule has 0 saturated carbocycles. The van der Waals surface area contributed by atoms with Crippen LogP contribution < -0.4 is 9.46 Å². The first-order chi connectivity index (χ1) is 13.4. The average Bonchev–Trinajstić information content (AvgIpc) is 2.70. The van der Waals surface area contributed by atoms with E-state index in [0.717, 1.165) is 17.7 Å². The van der Waals surface area contributed by atoms with E-state index in [1.54, 1.807) is 29.2 Å². The zero-order valence-electron chi connectivity index (χ0n) is 15.4. The lowest BCUT2D eigenvalue weighted by Gasteiger charge is -2.26. The molecule has 1 fully saturated rings. The standard InChI is InChI=1S/C19H21FN2O5S/c1-26-17-7-4-15(20)13-18(17)28(24,25)21-16-5-2-14(3-6-16)12-19(23)22-8-10-27-11-9-22/h2-7,13,21H,8-12H2,1H3. The van der Waals surface area contributed by atoms with Gasteiger partial charge < -0.3 is 14.4 Å². The largest absolute Gasteiger partial charge is 0.495 e. The molecule has 0 radical (unpaired) electrons. The van der Waals surface area contributed by atoms with Gasteiger partial charge in [0.05, 0.1) is 26.7 Å². The number of hydrogen-bond donors (Lipinski definition) is 1. The molecule has 2 aromatic carbocycles. The fourth-order valence-corrected chi connectivity index (χ4v) is 4.10. The average molecular weight is 408 g/mol. The Kier molecular flexibility index (Phi) is 6.15. The Hall–Kier alpha value is -2.65. The zero-order valence-corrected chi connectivity index (χ0v) is 16.2. The molecular weight excluding hydrogens is 387 g/mol. The second-order valence-corrected chi connectivity index (χ2v) is 7.92. The predicted molar refractivity (Wildman–Crippen MR) is 101 cm³/mol. The number of rotatable bonds is 6. The molecule has 0 unspecified atom stereocenters. The summed E-state index contributed by atoms with van der Waals surface area (Å²) in [6.45, 7) is 2.23. The summed E-state index contributed by atoms with van der Waals surface area (Å²) in [6, 6.07) is 9.76. The first-order valence-corrected chi connectivity index (χ1v) is 10.2. The van der Waals surface area contributed by atoms with Gasteiger partial charge in [0.1, 0.15) is 16.5 Å². The third-order valence-corrected chi connectivity index (χ3v) is 5.74. The van der Waals surface area contributed by atoms with E-state index in [2.05, 4.69) is 4.72 Å². The van der Waals surface area contributed by atoms with Gasteiger partial charge in [0.15, 0.2) is 0 Å². The molecule has 2 aromatic rings. The number of morpholine rings is 1. The van der Waals surface area contributed by atoms with Crippen LogP contribution in [0.2, 0.25) is 0 Å². The van der Waals surface area contributed by atoms with Gasteiger partial charge in [-0.2, -0.15) is 0 Å². The van der Waals surface area contributed by atoms with E-state index in [4.69, 9.17) is 9.47 Å². The number of hydrogen-bond acceptors (Lipinski definition) is 5. The SMILES string of the molecule is COc1ccc(F)cc1S(=O)(=O)Nc1ccc(CC(=O)N2CCOCC2)cc1. The van der Waals surface area contributed by atoms with Crippen LogP contribution in [0.4, 0.5) is 10.1 Å². The van der Waals surface area contributed by atoms with Gasteiger partial charge in [0.25, 0.3) is 10.0 Å². The lowest BCUT2D eigenvalue weighted by Crippen LogP contribution is -2.41. The van der Waals surface area contributed by atoms with Crippen LogP contribution in [0.1, 0.15) is 5.56 Å². The highest BCUT2D eigenvalue weighted by molar-refractivity contribution is 7.92. The molecule has 9 heteroatoms. The van der Waals surface area contributed by atoms with E-state index in [-0.39, 0.29) is 23.0 Å². The lowest BCUT2D eigenvalue weighted by molar-refractivity contribution is -0.134. The third-order valence-electron chi connectivity index (χ3n) is 4.34. The molecule has 150 valence electrons. The first kappa shape index (κ1) is 20.1. The van der Waals surface area contributed by atoms with Gasteiger partial charge >= 0.3 is 0 Å². The van der Waals surface area contributed by atoms with Gasteiger partial charge in [-0.15, -0.1) is 0 Å².